The van der Waals surface area contributed by atoms with Crippen LogP contribution < -0.4 is 5.32 Å². The molecule has 0 aliphatic carbocycles. The fourth-order valence-corrected chi connectivity index (χ4v) is 5.41. The Hall–Kier alpha value is -2.38. The summed E-state index contributed by atoms with van der Waals surface area (Å²) in [6.07, 6.45) is 2.23. The molecule has 0 radical (unpaired) electrons. The van der Waals surface area contributed by atoms with E-state index in [-0.39, 0.29) is 43.5 Å². The van der Waals surface area contributed by atoms with Crippen molar-refractivity contribution in [1.82, 2.24) is 4.31 Å². The predicted molar refractivity (Wildman–Crippen MR) is 134 cm³/mol. The van der Waals surface area contributed by atoms with Gasteiger partial charge < -0.3 is 14.8 Å². The highest BCUT2D eigenvalue weighted by Crippen LogP contribution is 2.30. The lowest BCUT2D eigenvalue weighted by Crippen LogP contribution is -2.40. The predicted octanol–water partition coefficient (Wildman–Crippen LogP) is 3.55. The van der Waals surface area contributed by atoms with E-state index < -0.39 is 32.6 Å². The van der Waals surface area contributed by atoms with Gasteiger partial charge in [0, 0.05) is 24.2 Å². The van der Waals surface area contributed by atoms with Crippen molar-refractivity contribution < 1.29 is 27.6 Å². The maximum atomic E-state index is 12.9. The van der Waals surface area contributed by atoms with Gasteiger partial charge in [-0.2, -0.15) is 16.1 Å². The van der Waals surface area contributed by atoms with Gasteiger partial charge >= 0.3 is 5.97 Å². The molecule has 0 amide bonds. The molecule has 3 rings (SSSR count). The zero-order valence-corrected chi connectivity index (χ0v) is 21.4. The zero-order chi connectivity index (χ0) is 25.4. The van der Waals surface area contributed by atoms with Gasteiger partial charge in [0.1, 0.15) is 18.3 Å². The summed E-state index contributed by atoms with van der Waals surface area (Å²) >= 11 is 7.39. The Kier molecular flexibility index (Phi) is 9.75. The number of benzene rings is 2. The number of nitro benzene ring substituents is 1. The lowest BCUT2D eigenvalue weighted by Gasteiger charge is -2.26. The molecule has 2 aromatic carbocycles. The molecule has 1 fully saturated rings. The van der Waals surface area contributed by atoms with Gasteiger partial charge in [0.2, 0.25) is 10.0 Å². The molecule has 10 nitrogen and oxygen atoms in total. The molecule has 0 spiro atoms. The molecule has 0 bridgehead atoms. The number of ether oxygens (including phenoxy) is 2. The quantitative estimate of drug-likeness (QED) is 0.257. The van der Waals surface area contributed by atoms with Crippen LogP contribution >= 0.6 is 23.4 Å². The van der Waals surface area contributed by atoms with Crippen molar-refractivity contribution in [2.45, 2.75) is 24.0 Å². The van der Waals surface area contributed by atoms with Gasteiger partial charge in [0.15, 0.2) is 0 Å². The fourth-order valence-electron chi connectivity index (χ4n) is 3.39. The number of esters is 1. The van der Waals surface area contributed by atoms with Crippen molar-refractivity contribution in [3.63, 3.8) is 0 Å². The van der Waals surface area contributed by atoms with Gasteiger partial charge in [0.25, 0.3) is 5.69 Å². The number of carbonyl (C=O) groups is 1. The van der Waals surface area contributed by atoms with Crippen LogP contribution in [0.15, 0.2) is 47.4 Å². The zero-order valence-electron chi connectivity index (χ0n) is 19.0. The standard InChI is InChI=1S/C22H26ClN3O7S2/c1-34-13-8-20(22(27)33-15-16-2-4-17(23)5-3-16)24-19-7-6-18(14-21(19)26(28)29)35(30,31)25-9-11-32-12-10-25/h2-7,14,20,24H,8-13,15H2,1H3/t20-/m1/s1. The van der Waals surface area contributed by atoms with Crippen LogP contribution in [0.1, 0.15) is 12.0 Å². The van der Waals surface area contributed by atoms with Crippen molar-refractivity contribution in [1.29, 1.82) is 0 Å². The summed E-state index contributed by atoms with van der Waals surface area (Å²) in [5, 5.41) is 15.2. The number of hydrogen-bond acceptors (Lipinski definition) is 9. The lowest BCUT2D eigenvalue weighted by atomic mass is 10.2. The number of halogens is 1. The summed E-state index contributed by atoms with van der Waals surface area (Å²) in [5.41, 5.74) is 0.333. The largest absolute Gasteiger partial charge is 0.459 e. The van der Waals surface area contributed by atoms with E-state index >= 15 is 0 Å². The highest BCUT2D eigenvalue weighted by molar-refractivity contribution is 7.98. The molecule has 1 N–H and O–H groups in total. The van der Waals surface area contributed by atoms with Crippen LogP contribution in [-0.4, -0.2) is 68.0 Å². The van der Waals surface area contributed by atoms with E-state index in [9.17, 15) is 23.3 Å². The maximum absolute atomic E-state index is 12.9. The third-order valence-corrected chi connectivity index (χ3v) is 8.08. The summed E-state index contributed by atoms with van der Waals surface area (Å²) < 4.78 is 37.7. The molecular weight excluding hydrogens is 518 g/mol. The van der Waals surface area contributed by atoms with Gasteiger partial charge in [-0.05, 0) is 48.3 Å². The van der Waals surface area contributed by atoms with Crippen LogP contribution in [0.3, 0.4) is 0 Å². The molecule has 13 heteroatoms. The van der Waals surface area contributed by atoms with Crippen molar-refractivity contribution in [3.05, 3.63) is 63.2 Å². The molecule has 190 valence electrons. The molecule has 1 aliphatic heterocycles. The number of thioether (sulfide) groups is 1. The second-order valence-electron chi connectivity index (χ2n) is 7.67. The number of nitrogens with one attached hydrogen (secondary N) is 1. The Morgan fingerprint density at radius 2 is 1.94 bits per heavy atom. The molecule has 1 aliphatic rings. The van der Waals surface area contributed by atoms with Crippen LogP contribution in [0.4, 0.5) is 11.4 Å². The summed E-state index contributed by atoms with van der Waals surface area (Å²) in [6, 6.07) is 9.59. The summed E-state index contributed by atoms with van der Waals surface area (Å²) in [7, 11) is -3.92. The van der Waals surface area contributed by atoms with Crippen molar-refractivity contribution in [2.24, 2.45) is 0 Å². The first-order valence-electron chi connectivity index (χ1n) is 10.7. The Bertz CT molecular complexity index is 1140. The Labute approximate surface area is 213 Å². The fraction of sp³-hybridized carbons (Fsp3) is 0.409. The molecule has 35 heavy (non-hydrogen) atoms. The average molecular weight is 544 g/mol. The number of nitrogens with zero attached hydrogens (tertiary/aromatic N) is 2. The van der Waals surface area contributed by atoms with E-state index in [4.69, 9.17) is 21.1 Å². The molecule has 0 saturated carbocycles. The molecule has 1 atom stereocenters. The van der Waals surface area contributed by atoms with Crippen LogP contribution in [0, 0.1) is 10.1 Å². The second-order valence-corrected chi connectivity index (χ2v) is 11.0. The van der Waals surface area contributed by atoms with Crippen molar-refractivity contribution >= 4 is 50.7 Å². The molecule has 0 unspecified atom stereocenters. The molecule has 0 aromatic heterocycles. The number of anilines is 1. The van der Waals surface area contributed by atoms with E-state index in [1.165, 1.54) is 28.2 Å². The minimum atomic E-state index is -3.92. The topological polar surface area (TPSA) is 128 Å². The first-order valence-corrected chi connectivity index (χ1v) is 14.0. The van der Waals surface area contributed by atoms with Gasteiger partial charge in [-0.1, -0.05) is 23.7 Å². The number of morpholine rings is 1. The Morgan fingerprint density at radius 1 is 1.26 bits per heavy atom. The van der Waals surface area contributed by atoms with Gasteiger partial charge in [-0.15, -0.1) is 0 Å². The molecular formula is C22H26ClN3O7S2. The van der Waals surface area contributed by atoms with Gasteiger partial charge in [-0.25, -0.2) is 13.2 Å². The number of sulfonamides is 1. The van der Waals surface area contributed by atoms with Gasteiger partial charge in [0.05, 0.1) is 23.0 Å². The highest BCUT2D eigenvalue weighted by atomic mass is 35.5. The van der Waals surface area contributed by atoms with Crippen LogP contribution in [-0.2, 0) is 30.9 Å². The third kappa shape index (κ3) is 7.31. The minimum absolute atomic E-state index is 0.0201. The summed E-state index contributed by atoms with van der Waals surface area (Å²) in [4.78, 5) is 23.7. The number of carbonyl (C=O) groups excluding carboxylic acids is 1. The number of nitro groups is 1. The number of rotatable bonds is 11. The van der Waals surface area contributed by atoms with Crippen molar-refractivity contribution in [2.75, 3.05) is 43.6 Å². The number of hydrogen-bond donors (Lipinski definition) is 1. The highest BCUT2D eigenvalue weighted by Gasteiger charge is 2.30. The van der Waals surface area contributed by atoms with E-state index in [2.05, 4.69) is 5.32 Å². The maximum Gasteiger partial charge on any atom is 0.328 e. The minimum Gasteiger partial charge on any atom is -0.459 e. The first-order chi connectivity index (χ1) is 16.7. The second kappa shape index (κ2) is 12.5. The normalized spacial score (nSPS) is 15.4. The summed E-state index contributed by atoms with van der Waals surface area (Å²) in [5.74, 6) is 0.0265. The molecule has 1 saturated heterocycles. The third-order valence-electron chi connectivity index (χ3n) is 5.29. The molecule has 1 heterocycles. The van der Waals surface area contributed by atoms with Crippen LogP contribution in [0.5, 0.6) is 0 Å². The Balaban J connectivity index is 1.79. The first kappa shape index (κ1) is 27.2. The van der Waals surface area contributed by atoms with E-state index in [0.717, 1.165) is 11.6 Å². The molecule has 2 aromatic rings. The van der Waals surface area contributed by atoms with Crippen molar-refractivity contribution in [3.8, 4) is 0 Å². The monoisotopic (exact) mass is 543 g/mol. The van der Waals surface area contributed by atoms with E-state index in [0.29, 0.717) is 17.2 Å². The van der Waals surface area contributed by atoms with Gasteiger partial charge in [-0.3, -0.25) is 10.1 Å². The SMILES string of the molecule is CSCC[C@@H](Nc1ccc(S(=O)(=O)N2CCOCC2)cc1[N+](=O)[O-])C(=O)OCc1ccc(Cl)cc1. The Morgan fingerprint density at radius 3 is 2.57 bits per heavy atom. The average Bonchev–Trinajstić information content (AvgIpc) is 2.86. The van der Waals surface area contributed by atoms with Crippen LogP contribution in [0.2, 0.25) is 5.02 Å². The lowest BCUT2D eigenvalue weighted by molar-refractivity contribution is -0.384. The summed E-state index contributed by atoms with van der Waals surface area (Å²) in [6.45, 7) is 0.886. The van der Waals surface area contributed by atoms with E-state index in [1.54, 1.807) is 24.3 Å². The smallest absolute Gasteiger partial charge is 0.328 e. The van der Waals surface area contributed by atoms with E-state index in [1.807, 2.05) is 6.26 Å². The van der Waals surface area contributed by atoms with Crippen LogP contribution in [0.25, 0.3) is 0 Å².